The highest BCUT2D eigenvalue weighted by Gasteiger charge is 2.07. The third-order valence-electron chi connectivity index (χ3n) is 2.57. The van der Waals surface area contributed by atoms with Crippen LogP contribution in [0.5, 0.6) is 0 Å². The zero-order valence-corrected chi connectivity index (χ0v) is 11.1. The Bertz CT molecular complexity index is 315. The molecule has 1 unspecified atom stereocenters. The summed E-state index contributed by atoms with van der Waals surface area (Å²) in [6.45, 7) is 5.28. The lowest BCUT2D eigenvalue weighted by atomic mass is 10.1. The van der Waals surface area contributed by atoms with E-state index >= 15 is 0 Å². The minimum atomic E-state index is 0.650. The van der Waals surface area contributed by atoms with Crippen LogP contribution in [0.15, 0.2) is 24.3 Å². The molecule has 0 fully saturated rings. The Balaban J connectivity index is 2.45. The molecule has 0 spiro atoms. The summed E-state index contributed by atoms with van der Waals surface area (Å²) >= 11 is 6.13. The van der Waals surface area contributed by atoms with E-state index < -0.39 is 0 Å². The summed E-state index contributed by atoms with van der Waals surface area (Å²) < 4.78 is 0. The van der Waals surface area contributed by atoms with Crippen LogP contribution in [0.3, 0.4) is 0 Å². The van der Waals surface area contributed by atoms with Crippen LogP contribution in [0, 0.1) is 5.92 Å². The highest BCUT2D eigenvalue weighted by Crippen LogP contribution is 2.16. The maximum absolute atomic E-state index is 6.13. The topological polar surface area (TPSA) is 15.3 Å². The summed E-state index contributed by atoms with van der Waals surface area (Å²) in [6.07, 6.45) is 0. The number of hydrogen-bond donors (Lipinski definition) is 1. The summed E-state index contributed by atoms with van der Waals surface area (Å²) in [4.78, 5) is 2.31. The molecule has 1 N–H and O–H groups in total. The molecule has 0 saturated carbocycles. The first-order chi connectivity index (χ1) is 7.63. The second-order valence-electron chi connectivity index (χ2n) is 4.45. The molecule has 1 rings (SSSR count). The van der Waals surface area contributed by atoms with Crippen LogP contribution in [0.4, 0.5) is 0 Å². The molecule has 1 atom stereocenters. The van der Waals surface area contributed by atoms with Gasteiger partial charge in [0.1, 0.15) is 0 Å². The van der Waals surface area contributed by atoms with E-state index in [9.17, 15) is 0 Å². The molecule has 1 aromatic rings. The maximum Gasteiger partial charge on any atom is 0.0451 e. The molecule has 0 radical (unpaired) electrons. The Kier molecular flexibility index (Phi) is 5.81. The largest absolute Gasteiger partial charge is 0.319 e. The lowest BCUT2D eigenvalue weighted by Gasteiger charge is -2.21. The van der Waals surface area contributed by atoms with Crippen molar-refractivity contribution in [3.63, 3.8) is 0 Å². The first-order valence-electron chi connectivity index (χ1n) is 5.70. The van der Waals surface area contributed by atoms with E-state index in [2.05, 4.69) is 30.3 Å². The van der Waals surface area contributed by atoms with E-state index in [1.807, 2.05) is 25.2 Å². The van der Waals surface area contributed by atoms with E-state index in [4.69, 9.17) is 11.6 Å². The number of nitrogens with one attached hydrogen (secondary N) is 1. The highest BCUT2D eigenvalue weighted by atomic mass is 35.5. The fourth-order valence-electron chi connectivity index (χ4n) is 1.93. The fraction of sp³-hybridized carbons (Fsp3) is 0.538. The van der Waals surface area contributed by atoms with E-state index in [0.717, 1.165) is 24.7 Å². The Morgan fingerprint density at radius 3 is 2.69 bits per heavy atom. The predicted octanol–water partition coefficient (Wildman–Crippen LogP) is 2.63. The molecule has 3 heteroatoms. The molecule has 0 bridgehead atoms. The van der Waals surface area contributed by atoms with Gasteiger partial charge in [-0.25, -0.2) is 0 Å². The lowest BCUT2D eigenvalue weighted by molar-refractivity contribution is 0.276. The quantitative estimate of drug-likeness (QED) is 0.823. The molecular weight excluding hydrogens is 220 g/mol. The van der Waals surface area contributed by atoms with Crippen LogP contribution in [0.25, 0.3) is 0 Å². The van der Waals surface area contributed by atoms with E-state index in [1.165, 1.54) is 5.56 Å². The molecule has 0 heterocycles. The maximum atomic E-state index is 6.13. The minimum absolute atomic E-state index is 0.650. The van der Waals surface area contributed by atoms with Gasteiger partial charge in [-0.1, -0.05) is 36.7 Å². The molecule has 2 nitrogen and oxygen atoms in total. The van der Waals surface area contributed by atoms with E-state index in [-0.39, 0.29) is 0 Å². The number of rotatable bonds is 6. The van der Waals surface area contributed by atoms with Crippen molar-refractivity contribution in [3.8, 4) is 0 Å². The average molecular weight is 241 g/mol. The molecule has 0 aliphatic rings. The van der Waals surface area contributed by atoms with E-state index in [1.54, 1.807) is 0 Å². The van der Waals surface area contributed by atoms with Crippen molar-refractivity contribution >= 4 is 11.6 Å². The van der Waals surface area contributed by atoms with Crippen molar-refractivity contribution < 1.29 is 0 Å². The first kappa shape index (κ1) is 13.5. The smallest absolute Gasteiger partial charge is 0.0451 e. The highest BCUT2D eigenvalue weighted by molar-refractivity contribution is 6.31. The van der Waals surface area contributed by atoms with Gasteiger partial charge < -0.3 is 10.2 Å². The summed E-state index contributed by atoms with van der Waals surface area (Å²) in [5.41, 5.74) is 1.20. The van der Waals surface area contributed by atoms with Gasteiger partial charge in [0.2, 0.25) is 0 Å². The average Bonchev–Trinajstić information content (AvgIpc) is 2.21. The van der Waals surface area contributed by atoms with Crippen molar-refractivity contribution in [3.05, 3.63) is 34.9 Å². The second kappa shape index (κ2) is 6.89. The van der Waals surface area contributed by atoms with Gasteiger partial charge in [0.25, 0.3) is 0 Å². The molecule has 90 valence electrons. The van der Waals surface area contributed by atoms with Crippen molar-refractivity contribution in [2.75, 3.05) is 27.2 Å². The minimum Gasteiger partial charge on any atom is -0.319 e. The Hall–Kier alpha value is -0.570. The Morgan fingerprint density at radius 2 is 2.06 bits per heavy atom. The first-order valence-corrected chi connectivity index (χ1v) is 6.07. The molecule has 0 aliphatic heterocycles. The van der Waals surface area contributed by atoms with Crippen molar-refractivity contribution in [1.29, 1.82) is 0 Å². The molecular formula is C13H21ClN2. The predicted molar refractivity (Wildman–Crippen MR) is 70.9 cm³/mol. The second-order valence-corrected chi connectivity index (χ2v) is 4.86. The number of hydrogen-bond acceptors (Lipinski definition) is 2. The summed E-state index contributed by atoms with van der Waals surface area (Å²) in [5.74, 6) is 0.650. The van der Waals surface area contributed by atoms with Crippen LogP contribution in [0.2, 0.25) is 5.02 Å². The Morgan fingerprint density at radius 1 is 1.38 bits per heavy atom. The van der Waals surface area contributed by atoms with Gasteiger partial charge in [0, 0.05) is 18.1 Å². The van der Waals surface area contributed by atoms with Gasteiger partial charge in [0.15, 0.2) is 0 Å². The van der Waals surface area contributed by atoms with Crippen molar-refractivity contribution in [2.24, 2.45) is 5.92 Å². The standard InChI is InChI=1S/C13H21ClN2/c1-11(8-15-2)9-16(3)10-12-6-4-5-7-13(12)14/h4-7,11,15H,8-10H2,1-3H3. The molecule has 0 aromatic heterocycles. The molecule has 1 aromatic carbocycles. The third-order valence-corrected chi connectivity index (χ3v) is 2.94. The zero-order valence-electron chi connectivity index (χ0n) is 10.3. The van der Waals surface area contributed by atoms with Gasteiger partial charge in [0.05, 0.1) is 0 Å². The van der Waals surface area contributed by atoms with Gasteiger partial charge in [-0.05, 0) is 38.2 Å². The van der Waals surface area contributed by atoms with Crippen LogP contribution in [-0.2, 0) is 6.54 Å². The van der Waals surface area contributed by atoms with Crippen LogP contribution >= 0.6 is 11.6 Å². The number of nitrogens with zero attached hydrogens (tertiary/aromatic N) is 1. The van der Waals surface area contributed by atoms with Gasteiger partial charge in [-0.3, -0.25) is 0 Å². The van der Waals surface area contributed by atoms with Gasteiger partial charge in [-0.2, -0.15) is 0 Å². The number of benzene rings is 1. The SMILES string of the molecule is CNCC(C)CN(C)Cc1ccccc1Cl. The molecule has 0 saturated heterocycles. The molecule has 16 heavy (non-hydrogen) atoms. The number of halogens is 1. The zero-order chi connectivity index (χ0) is 12.0. The summed E-state index contributed by atoms with van der Waals surface area (Å²) in [5, 5.41) is 4.05. The fourth-order valence-corrected chi connectivity index (χ4v) is 2.12. The third kappa shape index (κ3) is 4.52. The van der Waals surface area contributed by atoms with E-state index in [0.29, 0.717) is 5.92 Å². The monoisotopic (exact) mass is 240 g/mol. The van der Waals surface area contributed by atoms with Crippen LogP contribution in [-0.4, -0.2) is 32.1 Å². The normalized spacial score (nSPS) is 13.1. The molecule has 0 amide bonds. The van der Waals surface area contributed by atoms with Crippen LogP contribution < -0.4 is 5.32 Å². The van der Waals surface area contributed by atoms with Gasteiger partial charge in [-0.15, -0.1) is 0 Å². The summed E-state index contributed by atoms with van der Waals surface area (Å²) in [7, 11) is 4.13. The Labute approximate surface area is 104 Å². The van der Waals surface area contributed by atoms with Gasteiger partial charge >= 0.3 is 0 Å². The van der Waals surface area contributed by atoms with Crippen molar-refractivity contribution in [1.82, 2.24) is 10.2 Å². The van der Waals surface area contributed by atoms with Crippen molar-refractivity contribution in [2.45, 2.75) is 13.5 Å². The van der Waals surface area contributed by atoms with Crippen LogP contribution in [0.1, 0.15) is 12.5 Å². The lowest BCUT2D eigenvalue weighted by Crippen LogP contribution is -2.29. The summed E-state index contributed by atoms with van der Waals surface area (Å²) in [6, 6.07) is 8.03. The molecule has 0 aliphatic carbocycles.